The van der Waals surface area contributed by atoms with Crippen LogP contribution in [0.5, 0.6) is 0 Å². The van der Waals surface area contributed by atoms with Gasteiger partial charge in [-0.15, -0.1) is 0 Å². The summed E-state index contributed by atoms with van der Waals surface area (Å²) in [7, 11) is 1.67. The van der Waals surface area contributed by atoms with E-state index in [1.54, 1.807) is 14.0 Å². The minimum atomic E-state index is -0.227. The van der Waals surface area contributed by atoms with Crippen LogP contribution in [0.4, 0.5) is 0 Å². The fourth-order valence-corrected chi connectivity index (χ4v) is 0.946. The van der Waals surface area contributed by atoms with Gasteiger partial charge in [-0.05, 0) is 19.8 Å². The van der Waals surface area contributed by atoms with E-state index in [2.05, 4.69) is 27.0 Å². The van der Waals surface area contributed by atoms with Gasteiger partial charge in [0.05, 0.1) is 6.54 Å². The molecule has 0 aromatic carbocycles. The molecule has 0 unspecified atom stereocenters. The first kappa shape index (κ1) is 10.3. The van der Waals surface area contributed by atoms with Crippen LogP contribution < -0.4 is 0 Å². The number of nitrogens with zero attached hydrogens (tertiary/aromatic N) is 3. The molecule has 1 aromatic rings. The van der Waals surface area contributed by atoms with Gasteiger partial charge in [0.15, 0.2) is 5.82 Å². The number of hydrogen-bond acceptors (Lipinski definition) is 3. The second-order valence-electron chi connectivity index (χ2n) is 2.87. The fraction of sp³-hybridized carbons (Fsp3) is 0.444. The summed E-state index contributed by atoms with van der Waals surface area (Å²) in [5.41, 5.74) is 0. The van der Waals surface area contributed by atoms with Gasteiger partial charge in [-0.3, -0.25) is 9.89 Å². The smallest absolute Gasteiger partial charge is 0.298 e. The van der Waals surface area contributed by atoms with Crippen molar-refractivity contribution in [2.24, 2.45) is 0 Å². The molecule has 5 heteroatoms. The van der Waals surface area contributed by atoms with Crippen molar-refractivity contribution in [3.05, 3.63) is 11.6 Å². The number of nitrogens with one attached hydrogen (secondary N) is 1. The van der Waals surface area contributed by atoms with Gasteiger partial charge in [0, 0.05) is 7.05 Å². The Morgan fingerprint density at radius 3 is 2.86 bits per heavy atom. The Labute approximate surface area is 82.5 Å². The number of carbonyl (C=O) groups is 1. The first-order valence-electron chi connectivity index (χ1n) is 4.19. The Hall–Kier alpha value is -1.83. The Bertz CT molecular complexity index is 385. The zero-order valence-corrected chi connectivity index (χ0v) is 8.46. The lowest BCUT2D eigenvalue weighted by Gasteiger charge is -2.10. The average molecular weight is 192 g/mol. The van der Waals surface area contributed by atoms with Gasteiger partial charge in [-0.2, -0.15) is 5.10 Å². The highest BCUT2D eigenvalue weighted by Crippen LogP contribution is 1.96. The lowest BCUT2D eigenvalue weighted by atomic mass is 10.4. The zero-order chi connectivity index (χ0) is 10.6. The van der Waals surface area contributed by atoms with Crippen molar-refractivity contribution >= 4 is 5.91 Å². The van der Waals surface area contributed by atoms with Crippen LogP contribution in [0.1, 0.15) is 18.6 Å². The lowest BCUT2D eigenvalue weighted by Crippen LogP contribution is -2.25. The number of aryl methyl sites for hydroxylation is 1. The number of hydrogen-bond donors (Lipinski definition) is 1. The summed E-state index contributed by atoms with van der Waals surface area (Å²) in [6.45, 7) is 3.81. The van der Waals surface area contributed by atoms with Crippen LogP contribution in [0.3, 0.4) is 0 Å². The van der Waals surface area contributed by atoms with Crippen LogP contribution in [-0.4, -0.2) is 33.0 Å². The molecule has 0 fully saturated rings. The second-order valence-corrected chi connectivity index (χ2v) is 2.87. The Morgan fingerprint density at radius 2 is 2.36 bits per heavy atom. The molecule has 0 aliphatic rings. The monoisotopic (exact) mass is 192 g/mol. The van der Waals surface area contributed by atoms with Crippen molar-refractivity contribution in [2.75, 3.05) is 7.05 Å². The molecule has 0 bridgehead atoms. The van der Waals surface area contributed by atoms with Crippen molar-refractivity contribution < 1.29 is 4.79 Å². The fourth-order valence-electron chi connectivity index (χ4n) is 0.946. The maximum absolute atomic E-state index is 11.2. The predicted octanol–water partition coefficient (Wildman–Crippen LogP) is 0.0948. The van der Waals surface area contributed by atoms with E-state index in [0.29, 0.717) is 12.4 Å². The maximum Gasteiger partial charge on any atom is 0.298 e. The van der Waals surface area contributed by atoms with E-state index in [4.69, 9.17) is 0 Å². The van der Waals surface area contributed by atoms with E-state index in [9.17, 15) is 4.79 Å². The number of amides is 1. The molecule has 0 atom stereocenters. The summed E-state index contributed by atoms with van der Waals surface area (Å²) >= 11 is 0. The van der Waals surface area contributed by atoms with E-state index in [1.807, 2.05) is 6.92 Å². The van der Waals surface area contributed by atoms with Gasteiger partial charge in [0.25, 0.3) is 5.91 Å². The van der Waals surface area contributed by atoms with Gasteiger partial charge in [0.1, 0.15) is 5.82 Å². The summed E-state index contributed by atoms with van der Waals surface area (Å²) in [6, 6.07) is 0. The SMILES string of the molecule is CC#CC(=O)N(C)Cc1n[nH]c(C)n1. The summed E-state index contributed by atoms with van der Waals surface area (Å²) in [5, 5.41) is 6.63. The van der Waals surface area contributed by atoms with Crippen LogP contribution in [0, 0.1) is 18.8 Å². The normalized spacial score (nSPS) is 9.07. The molecule has 0 aliphatic heterocycles. The van der Waals surface area contributed by atoms with Gasteiger partial charge in [0.2, 0.25) is 0 Å². The van der Waals surface area contributed by atoms with E-state index in [1.165, 1.54) is 4.90 Å². The third-order valence-electron chi connectivity index (χ3n) is 1.60. The van der Waals surface area contributed by atoms with E-state index >= 15 is 0 Å². The molecule has 14 heavy (non-hydrogen) atoms. The van der Waals surface area contributed by atoms with Crippen molar-refractivity contribution in [1.82, 2.24) is 20.1 Å². The average Bonchev–Trinajstić information content (AvgIpc) is 2.51. The van der Waals surface area contributed by atoms with Crippen molar-refractivity contribution in [1.29, 1.82) is 0 Å². The van der Waals surface area contributed by atoms with E-state index in [0.717, 1.165) is 5.82 Å². The largest absolute Gasteiger partial charge is 0.327 e. The molecule has 5 nitrogen and oxygen atoms in total. The molecule has 0 spiro atoms. The molecule has 1 aromatic heterocycles. The molecule has 0 saturated carbocycles. The van der Waals surface area contributed by atoms with Gasteiger partial charge in [-0.1, -0.05) is 5.92 Å². The Kier molecular flexibility index (Phi) is 3.24. The molecule has 74 valence electrons. The number of carbonyl (C=O) groups excluding carboxylic acids is 1. The van der Waals surface area contributed by atoms with E-state index < -0.39 is 0 Å². The standard InChI is InChI=1S/C9H12N4O/c1-4-5-9(14)13(3)6-8-10-7(2)11-12-8/h6H2,1-3H3,(H,10,11,12). The topological polar surface area (TPSA) is 61.9 Å². The molecule has 0 radical (unpaired) electrons. The number of aromatic amines is 1. The Balaban J connectivity index is 2.59. The molecule has 1 heterocycles. The Morgan fingerprint density at radius 1 is 1.64 bits per heavy atom. The molecule has 0 saturated heterocycles. The van der Waals surface area contributed by atoms with Crippen LogP contribution >= 0.6 is 0 Å². The van der Waals surface area contributed by atoms with Crippen molar-refractivity contribution in [3.63, 3.8) is 0 Å². The minimum absolute atomic E-state index is 0.227. The maximum atomic E-state index is 11.2. The lowest BCUT2D eigenvalue weighted by molar-refractivity contribution is -0.124. The van der Waals surface area contributed by atoms with Crippen LogP contribution in [-0.2, 0) is 11.3 Å². The quantitative estimate of drug-likeness (QED) is 0.676. The highest BCUT2D eigenvalue weighted by atomic mass is 16.2. The third kappa shape index (κ3) is 2.59. The van der Waals surface area contributed by atoms with Gasteiger partial charge in [-0.25, -0.2) is 4.98 Å². The van der Waals surface area contributed by atoms with Crippen LogP contribution in [0.15, 0.2) is 0 Å². The van der Waals surface area contributed by atoms with Crippen LogP contribution in [0.25, 0.3) is 0 Å². The summed E-state index contributed by atoms with van der Waals surface area (Å²) in [6.07, 6.45) is 0. The number of aromatic nitrogens is 3. The van der Waals surface area contributed by atoms with Gasteiger partial charge >= 0.3 is 0 Å². The second kappa shape index (κ2) is 4.42. The highest BCUT2D eigenvalue weighted by Gasteiger charge is 2.08. The summed E-state index contributed by atoms with van der Waals surface area (Å²) < 4.78 is 0. The van der Waals surface area contributed by atoms with Crippen molar-refractivity contribution in [3.8, 4) is 11.8 Å². The zero-order valence-electron chi connectivity index (χ0n) is 8.46. The molecular weight excluding hydrogens is 180 g/mol. The molecule has 1 N–H and O–H groups in total. The first-order valence-corrected chi connectivity index (χ1v) is 4.19. The summed E-state index contributed by atoms with van der Waals surface area (Å²) in [4.78, 5) is 16.8. The van der Waals surface area contributed by atoms with E-state index in [-0.39, 0.29) is 5.91 Å². The highest BCUT2D eigenvalue weighted by molar-refractivity contribution is 5.93. The summed E-state index contributed by atoms with van der Waals surface area (Å²) in [5.74, 6) is 6.10. The molecule has 1 rings (SSSR count). The van der Waals surface area contributed by atoms with Crippen molar-refractivity contribution in [2.45, 2.75) is 20.4 Å². The third-order valence-corrected chi connectivity index (χ3v) is 1.60. The van der Waals surface area contributed by atoms with Gasteiger partial charge < -0.3 is 4.90 Å². The van der Waals surface area contributed by atoms with Crippen LogP contribution in [0.2, 0.25) is 0 Å². The molecule has 1 amide bonds. The first-order chi connectivity index (χ1) is 6.63. The number of rotatable bonds is 2. The molecular formula is C9H12N4O. The molecule has 0 aliphatic carbocycles. The minimum Gasteiger partial charge on any atom is -0.327 e. The predicted molar refractivity (Wildman–Crippen MR) is 51.0 cm³/mol. The number of H-pyrrole nitrogens is 1.